The number of aliphatic carboxylic acids is 1. The van der Waals surface area contributed by atoms with Crippen molar-refractivity contribution in [2.24, 2.45) is 0 Å². The summed E-state index contributed by atoms with van der Waals surface area (Å²) in [4.78, 5) is 10.5. The molecule has 0 unspecified atom stereocenters. The van der Waals surface area contributed by atoms with Gasteiger partial charge in [0.05, 0.1) is 5.57 Å². The number of para-hydroxylation sites is 1. The average Bonchev–Trinajstić information content (AvgIpc) is 2.26. The van der Waals surface area contributed by atoms with E-state index in [9.17, 15) is 4.79 Å². The summed E-state index contributed by atoms with van der Waals surface area (Å²) in [7, 11) is 0. The summed E-state index contributed by atoms with van der Waals surface area (Å²) in [6.07, 6.45) is 2.12. The second-order valence-corrected chi connectivity index (χ2v) is 3.19. The summed E-state index contributed by atoms with van der Waals surface area (Å²) >= 11 is 0. The van der Waals surface area contributed by atoms with Gasteiger partial charge in [-0.3, -0.25) is 0 Å². The van der Waals surface area contributed by atoms with Gasteiger partial charge in [-0.2, -0.15) is 0 Å². The van der Waals surface area contributed by atoms with Crippen LogP contribution in [0.3, 0.4) is 0 Å². The molecule has 1 N–H and O–H groups in total. The van der Waals surface area contributed by atoms with Crippen molar-refractivity contribution in [3.63, 3.8) is 0 Å². The number of benzene rings is 1. The quantitative estimate of drug-likeness (QED) is 0.608. The average molecular weight is 206 g/mol. The molecule has 3 nitrogen and oxygen atoms in total. The zero-order chi connectivity index (χ0) is 11.3. The lowest BCUT2D eigenvalue weighted by Gasteiger charge is -2.06. The van der Waals surface area contributed by atoms with Gasteiger partial charge in [0.25, 0.3) is 0 Å². The van der Waals surface area contributed by atoms with Crippen molar-refractivity contribution in [1.29, 1.82) is 0 Å². The molecule has 1 aromatic carbocycles. The molecular weight excluding hydrogens is 192 g/mol. The Bertz CT molecular complexity index is 380. The summed E-state index contributed by atoms with van der Waals surface area (Å²) in [6.45, 7) is 3.52. The van der Waals surface area contributed by atoms with Gasteiger partial charge in [0, 0.05) is 0 Å². The van der Waals surface area contributed by atoms with Crippen molar-refractivity contribution in [2.75, 3.05) is 0 Å². The predicted octanol–water partition coefficient (Wildman–Crippen LogP) is 2.62. The number of hydrogen-bond acceptors (Lipinski definition) is 2. The van der Waals surface area contributed by atoms with Crippen LogP contribution < -0.4 is 4.74 Å². The first kappa shape index (κ1) is 11.3. The molecule has 0 bridgehead atoms. The van der Waals surface area contributed by atoms with E-state index in [0.717, 1.165) is 12.0 Å². The fraction of sp³-hybridized carbons (Fsp3) is 0.250. The predicted molar refractivity (Wildman–Crippen MR) is 57.8 cm³/mol. The molecule has 0 saturated heterocycles. The van der Waals surface area contributed by atoms with Gasteiger partial charge in [0.1, 0.15) is 12.0 Å². The Balaban J connectivity index is 2.81. The Labute approximate surface area is 89.0 Å². The normalized spacial score (nSPS) is 11.2. The third-order valence-corrected chi connectivity index (χ3v) is 2.05. The largest absolute Gasteiger partial charge is 0.478 e. The van der Waals surface area contributed by atoms with E-state index in [0.29, 0.717) is 5.75 Å². The summed E-state index contributed by atoms with van der Waals surface area (Å²) in [5.74, 6) is -0.260. The minimum Gasteiger partial charge on any atom is -0.478 e. The maximum Gasteiger partial charge on any atom is 0.334 e. The van der Waals surface area contributed by atoms with Crippen LogP contribution >= 0.6 is 0 Å². The number of carbonyl (C=O) groups is 1. The molecule has 0 saturated carbocycles. The SMILES string of the molecule is CCc1ccccc1O/C=C(\C)C(=O)O. The van der Waals surface area contributed by atoms with E-state index in [-0.39, 0.29) is 5.57 Å². The van der Waals surface area contributed by atoms with Crippen LogP contribution in [0.2, 0.25) is 0 Å². The Morgan fingerprint density at radius 1 is 1.47 bits per heavy atom. The molecule has 0 spiro atoms. The molecule has 0 atom stereocenters. The maximum atomic E-state index is 10.5. The zero-order valence-corrected chi connectivity index (χ0v) is 8.86. The van der Waals surface area contributed by atoms with E-state index < -0.39 is 5.97 Å². The van der Waals surface area contributed by atoms with Gasteiger partial charge in [0.2, 0.25) is 0 Å². The van der Waals surface area contributed by atoms with Crippen molar-refractivity contribution in [3.05, 3.63) is 41.7 Å². The number of aryl methyl sites for hydroxylation is 1. The van der Waals surface area contributed by atoms with Crippen LogP contribution in [0.25, 0.3) is 0 Å². The molecule has 0 amide bonds. The highest BCUT2D eigenvalue weighted by molar-refractivity contribution is 5.85. The molecule has 80 valence electrons. The first-order chi connectivity index (χ1) is 7.15. The van der Waals surface area contributed by atoms with Gasteiger partial charge < -0.3 is 9.84 Å². The maximum absolute atomic E-state index is 10.5. The third kappa shape index (κ3) is 3.13. The third-order valence-electron chi connectivity index (χ3n) is 2.05. The molecule has 0 aliphatic carbocycles. The summed E-state index contributed by atoms with van der Waals surface area (Å²) in [5.41, 5.74) is 1.24. The Hall–Kier alpha value is -1.77. The molecule has 3 heteroatoms. The first-order valence-corrected chi connectivity index (χ1v) is 4.79. The van der Waals surface area contributed by atoms with E-state index in [1.165, 1.54) is 13.2 Å². The van der Waals surface area contributed by atoms with Crippen LogP contribution in [0.4, 0.5) is 0 Å². The van der Waals surface area contributed by atoms with E-state index >= 15 is 0 Å². The summed E-state index contributed by atoms with van der Waals surface area (Å²) in [5, 5.41) is 8.64. The van der Waals surface area contributed by atoms with Crippen molar-refractivity contribution in [3.8, 4) is 5.75 Å². The van der Waals surface area contributed by atoms with Crippen LogP contribution in [0.1, 0.15) is 19.4 Å². The fourth-order valence-corrected chi connectivity index (χ4v) is 1.11. The summed E-state index contributed by atoms with van der Waals surface area (Å²) in [6, 6.07) is 7.57. The lowest BCUT2D eigenvalue weighted by molar-refractivity contribution is -0.132. The van der Waals surface area contributed by atoms with E-state index in [1.807, 2.05) is 31.2 Å². The highest BCUT2D eigenvalue weighted by atomic mass is 16.5. The van der Waals surface area contributed by atoms with Crippen molar-refractivity contribution >= 4 is 5.97 Å². The Kier molecular flexibility index (Phi) is 3.92. The van der Waals surface area contributed by atoms with Gasteiger partial charge in [-0.1, -0.05) is 25.1 Å². The highest BCUT2D eigenvalue weighted by Gasteiger charge is 2.02. The number of rotatable bonds is 4. The lowest BCUT2D eigenvalue weighted by Crippen LogP contribution is -1.99. The second-order valence-electron chi connectivity index (χ2n) is 3.19. The molecule has 0 radical (unpaired) electrons. The topological polar surface area (TPSA) is 46.5 Å². The molecular formula is C12H14O3. The second kappa shape index (κ2) is 5.20. The Morgan fingerprint density at radius 3 is 2.73 bits per heavy atom. The highest BCUT2D eigenvalue weighted by Crippen LogP contribution is 2.18. The van der Waals surface area contributed by atoms with Crippen LogP contribution in [0.5, 0.6) is 5.75 Å². The summed E-state index contributed by atoms with van der Waals surface area (Å²) < 4.78 is 5.31. The number of ether oxygens (including phenoxy) is 1. The van der Waals surface area contributed by atoms with Crippen molar-refractivity contribution < 1.29 is 14.6 Å². The minimum absolute atomic E-state index is 0.181. The van der Waals surface area contributed by atoms with Gasteiger partial charge in [-0.05, 0) is 25.0 Å². The number of carboxylic acid groups (broad SMARTS) is 1. The lowest BCUT2D eigenvalue weighted by atomic mass is 10.1. The van der Waals surface area contributed by atoms with Crippen LogP contribution in [-0.4, -0.2) is 11.1 Å². The standard InChI is InChI=1S/C12H14O3/c1-3-10-6-4-5-7-11(10)15-8-9(2)12(13)14/h4-8H,3H2,1-2H3,(H,13,14)/b9-8+. The smallest absolute Gasteiger partial charge is 0.334 e. The number of carboxylic acids is 1. The molecule has 0 aliphatic heterocycles. The number of hydrogen-bond donors (Lipinski definition) is 1. The molecule has 0 fully saturated rings. The molecule has 0 heterocycles. The van der Waals surface area contributed by atoms with Gasteiger partial charge in [-0.25, -0.2) is 4.79 Å². The van der Waals surface area contributed by atoms with Crippen LogP contribution in [0, 0.1) is 0 Å². The van der Waals surface area contributed by atoms with E-state index in [2.05, 4.69) is 0 Å². The minimum atomic E-state index is -0.969. The fourth-order valence-electron chi connectivity index (χ4n) is 1.11. The van der Waals surface area contributed by atoms with Crippen molar-refractivity contribution in [2.45, 2.75) is 20.3 Å². The monoisotopic (exact) mass is 206 g/mol. The molecule has 15 heavy (non-hydrogen) atoms. The van der Waals surface area contributed by atoms with Gasteiger partial charge in [0.15, 0.2) is 0 Å². The molecule has 1 aromatic rings. The van der Waals surface area contributed by atoms with Crippen molar-refractivity contribution in [1.82, 2.24) is 0 Å². The molecule has 0 aromatic heterocycles. The molecule has 1 rings (SSSR count). The van der Waals surface area contributed by atoms with Crippen LogP contribution in [0.15, 0.2) is 36.1 Å². The van der Waals surface area contributed by atoms with E-state index in [1.54, 1.807) is 0 Å². The van der Waals surface area contributed by atoms with Gasteiger partial charge >= 0.3 is 5.97 Å². The van der Waals surface area contributed by atoms with Gasteiger partial charge in [-0.15, -0.1) is 0 Å². The zero-order valence-electron chi connectivity index (χ0n) is 8.86. The molecule has 0 aliphatic rings. The Morgan fingerprint density at radius 2 is 2.13 bits per heavy atom. The van der Waals surface area contributed by atoms with Crippen LogP contribution in [-0.2, 0) is 11.2 Å². The van der Waals surface area contributed by atoms with E-state index in [4.69, 9.17) is 9.84 Å². The first-order valence-electron chi connectivity index (χ1n) is 4.79.